The number of carbonyl (C=O) groups is 1. The molecule has 0 unspecified atom stereocenters. The number of anilines is 2. The lowest BCUT2D eigenvalue weighted by atomic mass is 9.98. The van der Waals surface area contributed by atoms with Gasteiger partial charge in [-0.2, -0.15) is 5.10 Å². The van der Waals surface area contributed by atoms with Crippen LogP contribution in [0.3, 0.4) is 0 Å². The van der Waals surface area contributed by atoms with Crippen LogP contribution in [0, 0.1) is 13.8 Å². The molecule has 2 aromatic heterocycles. The zero-order valence-corrected chi connectivity index (χ0v) is 14.8. The van der Waals surface area contributed by atoms with Crippen molar-refractivity contribution in [3.05, 3.63) is 35.3 Å². The first-order valence-electron chi connectivity index (χ1n) is 8.50. The largest absolute Gasteiger partial charge is 0.355 e. The molecular weight excluding hydrogens is 302 g/mol. The van der Waals surface area contributed by atoms with Crippen molar-refractivity contribution >= 4 is 17.4 Å². The van der Waals surface area contributed by atoms with E-state index in [4.69, 9.17) is 0 Å². The number of hydrogen-bond donors (Lipinski definition) is 1. The molecule has 1 amide bonds. The zero-order chi connectivity index (χ0) is 17.3. The molecule has 3 rings (SSSR count). The van der Waals surface area contributed by atoms with Gasteiger partial charge >= 0.3 is 0 Å². The molecule has 24 heavy (non-hydrogen) atoms. The van der Waals surface area contributed by atoms with Crippen LogP contribution in [0.2, 0.25) is 0 Å². The van der Waals surface area contributed by atoms with Crippen molar-refractivity contribution in [2.45, 2.75) is 39.5 Å². The molecule has 1 fully saturated rings. The third-order valence-electron chi connectivity index (χ3n) is 4.84. The van der Waals surface area contributed by atoms with Gasteiger partial charge in [-0.3, -0.25) is 9.48 Å². The quantitative estimate of drug-likeness (QED) is 0.938. The molecule has 6 heteroatoms. The Morgan fingerprint density at radius 1 is 1.29 bits per heavy atom. The highest BCUT2D eigenvalue weighted by Crippen LogP contribution is 2.29. The Balaban J connectivity index is 1.82. The van der Waals surface area contributed by atoms with Gasteiger partial charge in [0.25, 0.3) is 0 Å². The van der Waals surface area contributed by atoms with Gasteiger partial charge in [0, 0.05) is 37.6 Å². The average molecular weight is 327 g/mol. The lowest BCUT2D eigenvalue weighted by Gasteiger charge is -2.21. The van der Waals surface area contributed by atoms with E-state index in [0.717, 1.165) is 41.5 Å². The Labute approximate surface area is 142 Å². The molecule has 1 aliphatic heterocycles. The number of carbonyl (C=O) groups excluding carboxylic acids is 1. The maximum absolute atomic E-state index is 12.8. The first-order chi connectivity index (χ1) is 11.5. The van der Waals surface area contributed by atoms with E-state index in [9.17, 15) is 4.79 Å². The Hall–Kier alpha value is -2.37. The Bertz CT molecular complexity index is 746. The standard InChI is InChI=1S/C18H25N5O/c1-12(16-13(2)21-22(4)14(16)3)18(24)20-15-8-7-9-19-17(15)23-10-5-6-11-23/h7-9,12H,5-6,10-11H2,1-4H3,(H,20,24)/t12-/m1/s1. The summed E-state index contributed by atoms with van der Waals surface area (Å²) in [6.45, 7) is 7.87. The van der Waals surface area contributed by atoms with Gasteiger partial charge in [-0.05, 0) is 45.7 Å². The summed E-state index contributed by atoms with van der Waals surface area (Å²) in [7, 11) is 1.91. The van der Waals surface area contributed by atoms with Crippen LogP contribution in [0.4, 0.5) is 11.5 Å². The summed E-state index contributed by atoms with van der Waals surface area (Å²) in [4.78, 5) is 19.5. The number of aryl methyl sites for hydroxylation is 2. The van der Waals surface area contributed by atoms with Crippen LogP contribution in [0.5, 0.6) is 0 Å². The van der Waals surface area contributed by atoms with Crippen LogP contribution in [0.25, 0.3) is 0 Å². The summed E-state index contributed by atoms with van der Waals surface area (Å²) in [6.07, 6.45) is 4.13. The van der Waals surface area contributed by atoms with Gasteiger partial charge in [0.15, 0.2) is 5.82 Å². The fourth-order valence-electron chi connectivity index (χ4n) is 3.46. The molecule has 128 valence electrons. The number of nitrogens with zero attached hydrogens (tertiary/aromatic N) is 4. The number of nitrogens with one attached hydrogen (secondary N) is 1. The van der Waals surface area contributed by atoms with E-state index in [1.807, 2.05) is 44.6 Å². The van der Waals surface area contributed by atoms with Gasteiger partial charge < -0.3 is 10.2 Å². The summed E-state index contributed by atoms with van der Waals surface area (Å²) < 4.78 is 1.83. The molecule has 1 aliphatic rings. The van der Waals surface area contributed by atoms with Gasteiger partial charge in [-0.25, -0.2) is 4.98 Å². The minimum absolute atomic E-state index is 0.0253. The Kier molecular flexibility index (Phi) is 4.55. The number of hydrogen-bond acceptors (Lipinski definition) is 4. The first kappa shape index (κ1) is 16.5. The predicted octanol–water partition coefficient (Wildman–Crippen LogP) is 2.77. The highest BCUT2D eigenvalue weighted by atomic mass is 16.1. The second kappa shape index (κ2) is 6.63. The number of rotatable bonds is 4. The van der Waals surface area contributed by atoms with Gasteiger partial charge in [0.2, 0.25) is 5.91 Å². The van der Waals surface area contributed by atoms with Crippen molar-refractivity contribution in [1.82, 2.24) is 14.8 Å². The number of aromatic nitrogens is 3. The van der Waals surface area contributed by atoms with Gasteiger partial charge in [0.1, 0.15) is 0 Å². The molecule has 0 radical (unpaired) electrons. The summed E-state index contributed by atoms with van der Waals surface area (Å²) in [5.74, 6) is 0.586. The van der Waals surface area contributed by atoms with Crippen LogP contribution < -0.4 is 10.2 Å². The van der Waals surface area contributed by atoms with Crippen LogP contribution in [-0.4, -0.2) is 33.8 Å². The third-order valence-corrected chi connectivity index (χ3v) is 4.84. The van der Waals surface area contributed by atoms with Crippen LogP contribution in [-0.2, 0) is 11.8 Å². The van der Waals surface area contributed by atoms with Crippen molar-refractivity contribution in [1.29, 1.82) is 0 Å². The van der Waals surface area contributed by atoms with E-state index in [2.05, 4.69) is 20.3 Å². The normalized spacial score (nSPS) is 15.6. The zero-order valence-electron chi connectivity index (χ0n) is 14.8. The number of pyridine rings is 1. The second-order valence-electron chi connectivity index (χ2n) is 6.49. The van der Waals surface area contributed by atoms with Crippen molar-refractivity contribution in [2.24, 2.45) is 7.05 Å². The summed E-state index contributed by atoms with van der Waals surface area (Å²) in [5.41, 5.74) is 3.72. The second-order valence-corrected chi connectivity index (χ2v) is 6.49. The van der Waals surface area contributed by atoms with E-state index < -0.39 is 0 Å². The third kappa shape index (κ3) is 3.00. The topological polar surface area (TPSA) is 63.1 Å². The van der Waals surface area contributed by atoms with E-state index in [1.165, 1.54) is 12.8 Å². The highest BCUT2D eigenvalue weighted by Gasteiger charge is 2.24. The fraction of sp³-hybridized carbons (Fsp3) is 0.500. The summed E-state index contributed by atoms with van der Waals surface area (Å²) in [5, 5.41) is 7.49. The van der Waals surface area contributed by atoms with Crippen LogP contribution >= 0.6 is 0 Å². The van der Waals surface area contributed by atoms with Crippen molar-refractivity contribution < 1.29 is 4.79 Å². The molecule has 0 spiro atoms. The van der Waals surface area contributed by atoms with Crippen LogP contribution in [0.15, 0.2) is 18.3 Å². The first-order valence-corrected chi connectivity index (χ1v) is 8.50. The van der Waals surface area contributed by atoms with E-state index in [0.29, 0.717) is 0 Å². The summed E-state index contributed by atoms with van der Waals surface area (Å²) >= 11 is 0. The molecule has 3 heterocycles. The van der Waals surface area contributed by atoms with Gasteiger partial charge in [0.05, 0.1) is 17.3 Å². The lowest BCUT2D eigenvalue weighted by molar-refractivity contribution is -0.117. The SMILES string of the molecule is Cc1nn(C)c(C)c1[C@@H](C)C(=O)Nc1cccnc1N1CCCC1. The molecule has 0 saturated carbocycles. The molecule has 0 aromatic carbocycles. The molecule has 6 nitrogen and oxygen atoms in total. The average Bonchev–Trinajstić information content (AvgIpc) is 3.17. The fourth-order valence-corrected chi connectivity index (χ4v) is 3.46. The highest BCUT2D eigenvalue weighted by molar-refractivity contribution is 5.98. The van der Waals surface area contributed by atoms with Crippen molar-refractivity contribution in [2.75, 3.05) is 23.3 Å². The molecule has 0 bridgehead atoms. The smallest absolute Gasteiger partial charge is 0.231 e. The number of amides is 1. The lowest BCUT2D eigenvalue weighted by Crippen LogP contribution is -2.24. The van der Waals surface area contributed by atoms with E-state index >= 15 is 0 Å². The van der Waals surface area contributed by atoms with Gasteiger partial charge in [-0.1, -0.05) is 0 Å². The molecular formula is C18H25N5O. The van der Waals surface area contributed by atoms with Crippen molar-refractivity contribution in [3.63, 3.8) is 0 Å². The molecule has 1 atom stereocenters. The monoisotopic (exact) mass is 327 g/mol. The maximum atomic E-state index is 12.8. The Morgan fingerprint density at radius 3 is 2.62 bits per heavy atom. The minimum atomic E-state index is -0.259. The van der Waals surface area contributed by atoms with Crippen molar-refractivity contribution in [3.8, 4) is 0 Å². The molecule has 0 aliphatic carbocycles. The maximum Gasteiger partial charge on any atom is 0.231 e. The molecule has 2 aromatic rings. The molecule has 1 saturated heterocycles. The Morgan fingerprint density at radius 2 is 2.00 bits per heavy atom. The minimum Gasteiger partial charge on any atom is -0.355 e. The predicted molar refractivity (Wildman–Crippen MR) is 95.4 cm³/mol. The molecule has 1 N–H and O–H groups in total. The van der Waals surface area contributed by atoms with Crippen LogP contribution in [0.1, 0.15) is 42.6 Å². The summed E-state index contributed by atoms with van der Waals surface area (Å²) in [6, 6.07) is 3.79. The van der Waals surface area contributed by atoms with Gasteiger partial charge in [-0.15, -0.1) is 0 Å². The van der Waals surface area contributed by atoms with E-state index in [-0.39, 0.29) is 11.8 Å². The van der Waals surface area contributed by atoms with E-state index in [1.54, 1.807) is 6.20 Å².